The highest BCUT2D eigenvalue weighted by Gasteiger charge is 2.26. The average Bonchev–Trinajstić information content (AvgIpc) is 2.65. The first-order chi connectivity index (χ1) is 12.9. The molecular weight excluding hydrogens is 467 g/mol. The maximum Gasteiger partial charge on any atom is 0.254 e. The highest BCUT2D eigenvalue weighted by molar-refractivity contribution is 14.0. The predicted molar refractivity (Wildman–Crippen MR) is 125 cm³/mol. The Balaban J connectivity index is 0.00000392. The summed E-state index contributed by atoms with van der Waals surface area (Å²) in [5.74, 6) is 0.891. The van der Waals surface area contributed by atoms with E-state index in [1.165, 1.54) is 0 Å². The van der Waals surface area contributed by atoms with Crippen LogP contribution in [0.25, 0.3) is 0 Å². The Morgan fingerprint density at radius 1 is 1.21 bits per heavy atom. The number of aliphatic imine (C=N–C) groups is 1. The highest BCUT2D eigenvalue weighted by Crippen LogP contribution is 2.15. The van der Waals surface area contributed by atoms with Crippen LogP contribution in [0.15, 0.2) is 29.3 Å². The first-order valence-electron chi connectivity index (χ1n) is 10.0. The lowest BCUT2D eigenvalue weighted by Crippen LogP contribution is -2.48. The quantitative estimate of drug-likeness (QED) is 0.356. The maximum absolute atomic E-state index is 12.7. The molecule has 0 bridgehead atoms. The SMILES string of the molecule is CCNC(=NCc1ccc(C(=O)N2CC(C)OC(C)C2)cc1)NC(C)CC.I. The minimum atomic E-state index is 0. The van der Waals surface area contributed by atoms with Gasteiger partial charge < -0.3 is 20.3 Å². The molecule has 0 spiro atoms. The zero-order valence-electron chi connectivity index (χ0n) is 17.7. The zero-order valence-corrected chi connectivity index (χ0v) is 20.0. The predicted octanol–water partition coefficient (Wildman–Crippen LogP) is 3.41. The number of guanidine groups is 1. The van der Waals surface area contributed by atoms with Crippen LogP contribution in [0.5, 0.6) is 0 Å². The Hall–Kier alpha value is -1.35. The number of nitrogens with zero attached hydrogens (tertiary/aromatic N) is 2. The summed E-state index contributed by atoms with van der Waals surface area (Å²) in [5, 5.41) is 6.65. The first kappa shape index (κ1) is 24.7. The summed E-state index contributed by atoms with van der Waals surface area (Å²) < 4.78 is 5.71. The van der Waals surface area contributed by atoms with Gasteiger partial charge in [-0.3, -0.25) is 4.79 Å². The van der Waals surface area contributed by atoms with Crippen LogP contribution < -0.4 is 10.6 Å². The molecule has 0 saturated carbocycles. The van der Waals surface area contributed by atoms with Gasteiger partial charge in [-0.1, -0.05) is 19.1 Å². The molecule has 1 saturated heterocycles. The van der Waals surface area contributed by atoms with Gasteiger partial charge in [-0.15, -0.1) is 24.0 Å². The van der Waals surface area contributed by atoms with Gasteiger partial charge in [0, 0.05) is 31.2 Å². The molecule has 28 heavy (non-hydrogen) atoms. The van der Waals surface area contributed by atoms with Gasteiger partial charge in [-0.2, -0.15) is 0 Å². The van der Waals surface area contributed by atoms with Gasteiger partial charge in [0.2, 0.25) is 0 Å². The molecule has 1 aliphatic heterocycles. The third-order valence-electron chi connectivity index (χ3n) is 4.67. The number of amides is 1. The molecular formula is C21H35IN4O2. The number of carbonyl (C=O) groups is 1. The Morgan fingerprint density at radius 2 is 1.82 bits per heavy atom. The summed E-state index contributed by atoms with van der Waals surface area (Å²) in [6.45, 7) is 13.0. The number of hydrogen-bond acceptors (Lipinski definition) is 3. The summed E-state index contributed by atoms with van der Waals surface area (Å²) in [6.07, 6.45) is 1.20. The van der Waals surface area contributed by atoms with E-state index in [0.717, 1.165) is 24.5 Å². The fourth-order valence-electron chi connectivity index (χ4n) is 3.10. The third-order valence-corrected chi connectivity index (χ3v) is 4.67. The monoisotopic (exact) mass is 502 g/mol. The van der Waals surface area contributed by atoms with Crippen LogP contribution in [0.2, 0.25) is 0 Å². The molecule has 1 heterocycles. The van der Waals surface area contributed by atoms with E-state index in [9.17, 15) is 4.79 Å². The fourth-order valence-corrected chi connectivity index (χ4v) is 3.10. The van der Waals surface area contributed by atoms with Crippen molar-refractivity contribution in [3.63, 3.8) is 0 Å². The van der Waals surface area contributed by atoms with Gasteiger partial charge in [0.05, 0.1) is 18.8 Å². The average molecular weight is 502 g/mol. The summed E-state index contributed by atoms with van der Waals surface area (Å²) in [4.78, 5) is 19.2. The van der Waals surface area contributed by atoms with Gasteiger partial charge in [0.1, 0.15) is 0 Å². The normalized spacial score (nSPS) is 20.9. The summed E-state index contributed by atoms with van der Waals surface area (Å²) in [7, 11) is 0. The Labute approximate surface area is 186 Å². The molecule has 1 fully saturated rings. The van der Waals surface area contributed by atoms with E-state index in [1.807, 2.05) is 43.0 Å². The molecule has 2 rings (SSSR count). The molecule has 1 aliphatic rings. The van der Waals surface area contributed by atoms with Crippen LogP contribution in [0.1, 0.15) is 57.0 Å². The molecule has 6 nitrogen and oxygen atoms in total. The van der Waals surface area contributed by atoms with Crippen molar-refractivity contribution in [2.24, 2.45) is 4.99 Å². The van der Waals surface area contributed by atoms with Crippen molar-refractivity contribution in [1.82, 2.24) is 15.5 Å². The van der Waals surface area contributed by atoms with E-state index in [0.29, 0.717) is 31.2 Å². The van der Waals surface area contributed by atoms with E-state index in [4.69, 9.17) is 4.74 Å². The second-order valence-corrected chi connectivity index (χ2v) is 7.31. The van der Waals surface area contributed by atoms with Crippen LogP contribution in [0, 0.1) is 0 Å². The van der Waals surface area contributed by atoms with E-state index < -0.39 is 0 Å². The summed E-state index contributed by atoms with van der Waals surface area (Å²) >= 11 is 0. The van der Waals surface area contributed by atoms with Crippen molar-refractivity contribution >= 4 is 35.8 Å². The molecule has 0 aromatic heterocycles. The van der Waals surface area contributed by atoms with Crippen molar-refractivity contribution < 1.29 is 9.53 Å². The topological polar surface area (TPSA) is 66.0 Å². The number of hydrogen-bond donors (Lipinski definition) is 2. The van der Waals surface area contributed by atoms with Gasteiger partial charge in [-0.25, -0.2) is 4.99 Å². The van der Waals surface area contributed by atoms with E-state index in [1.54, 1.807) is 0 Å². The van der Waals surface area contributed by atoms with Crippen LogP contribution in [-0.4, -0.2) is 54.7 Å². The molecule has 3 atom stereocenters. The van der Waals surface area contributed by atoms with Crippen molar-refractivity contribution in [1.29, 1.82) is 0 Å². The van der Waals surface area contributed by atoms with Gasteiger partial charge >= 0.3 is 0 Å². The van der Waals surface area contributed by atoms with Crippen molar-refractivity contribution in [3.8, 4) is 0 Å². The molecule has 158 valence electrons. The Bertz CT molecular complexity index is 626. The number of carbonyl (C=O) groups excluding carboxylic acids is 1. The minimum absolute atomic E-state index is 0. The second-order valence-electron chi connectivity index (χ2n) is 7.31. The smallest absolute Gasteiger partial charge is 0.254 e. The van der Waals surface area contributed by atoms with E-state index >= 15 is 0 Å². The lowest BCUT2D eigenvalue weighted by atomic mass is 10.1. The molecule has 2 N–H and O–H groups in total. The molecule has 0 aliphatic carbocycles. The molecule has 1 amide bonds. The van der Waals surface area contributed by atoms with Crippen LogP contribution >= 0.6 is 24.0 Å². The highest BCUT2D eigenvalue weighted by atomic mass is 127. The van der Waals surface area contributed by atoms with Gasteiger partial charge in [0.15, 0.2) is 5.96 Å². The first-order valence-corrected chi connectivity index (χ1v) is 10.0. The summed E-state index contributed by atoms with van der Waals surface area (Å²) in [6, 6.07) is 8.13. The molecule has 1 aromatic rings. The lowest BCUT2D eigenvalue weighted by Gasteiger charge is -2.35. The largest absolute Gasteiger partial charge is 0.372 e. The lowest BCUT2D eigenvalue weighted by molar-refractivity contribution is -0.0586. The van der Waals surface area contributed by atoms with Crippen LogP contribution in [0.4, 0.5) is 0 Å². The van der Waals surface area contributed by atoms with E-state index in [-0.39, 0.29) is 42.1 Å². The van der Waals surface area contributed by atoms with Crippen molar-refractivity contribution in [3.05, 3.63) is 35.4 Å². The minimum Gasteiger partial charge on any atom is -0.372 e. The standard InChI is InChI=1S/C21H34N4O2.HI/c1-6-15(3)24-21(22-7-2)23-12-18-8-10-19(11-9-18)20(26)25-13-16(4)27-17(5)14-25;/h8-11,15-17H,6-7,12-14H2,1-5H3,(H2,22,23,24);1H. The zero-order chi connectivity index (χ0) is 19.8. The van der Waals surface area contributed by atoms with Crippen molar-refractivity contribution in [2.75, 3.05) is 19.6 Å². The number of rotatable bonds is 6. The van der Waals surface area contributed by atoms with Gasteiger partial charge in [0.25, 0.3) is 5.91 Å². The van der Waals surface area contributed by atoms with Crippen LogP contribution in [0.3, 0.4) is 0 Å². The Kier molecular flexibility index (Phi) is 10.8. The molecule has 7 heteroatoms. The fraction of sp³-hybridized carbons (Fsp3) is 0.619. The molecule has 1 aromatic carbocycles. The number of morpholine rings is 1. The maximum atomic E-state index is 12.7. The molecule has 0 radical (unpaired) electrons. The number of nitrogens with one attached hydrogen (secondary N) is 2. The Morgan fingerprint density at radius 3 is 2.36 bits per heavy atom. The molecule has 3 unspecified atom stereocenters. The van der Waals surface area contributed by atoms with Crippen molar-refractivity contribution in [2.45, 2.75) is 65.8 Å². The second kappa shape index (κ2) is 12.3. The summed E-state index contributed by atoms with van der Waals surface area (Å²) in [5.41, 5.74) is 1.80. The third kappa shape index (κ3) is 7.58. The van der Waals surface area contributed by atoms with Gasteiger partial charge in [-0.05, 0) is 51.8 Å². The number of halogens is 1. The number of ether oxygens (including phenoxy) is 1. The van der Waals surface area contributed by atoms with Crippen LogP contribution in [-0.2, 0) is 11.3 Å². The number of benzene rings is 1. The van der Waals surface area contributed by atoms with E-state index in [2.05, 4.69) is 36.4 Å².